The summed E-state index contributed by atoms with van der Waals surface area (Å²) in [4.78, 5) is 30.5. The number of nitrogens with one attached hydrogen (secondary N) is 1. The number of hydrogen-bond donors (Lipinski definition) is 1. The predicted octanol–water partition coefficient (Wildman–Crippen LogP) is 1.41. The molecule has 23 heavy (non-hydrogen) atoms. The van der Waals surface area contributed by atoms with Gasteiger partial charge in [0, 0.05) is 13.2 Å². The molecular formula is C16H17N3O4. The number of nitrogens with zero attached hydrogens (tertiary/aromatic N) is 2. The Morgan fingerprint density at radius 1 is 1.39 bits per heavy atom. The molecule has 2 aromatic heterocycles. The summed E-state index contributed by atoms with van der Waals surface area (Å²) in [6.07, 6.45) is 1.56. The van der Waals surface area contributed by atoms with E-state index in [0.29, 0.717) is 17.3 Å². The molecule has 0 bridgehead atoms. The van der Waals surface area contributed by atoms with E-state index in [1.807, 2.05) is 6.92 Å². The van der Waals surface area contributed by atoms with Crippen molar-refractivity contribution in [2.24, 2.45) is 0 Å². The summed E-state index contributed by atoms with van der Waals surface area (Å²) in [5.74, 6) is 1.14. The Hall–Kier alpha value is -2.83. The zero-order valence-electron chi connectivity index (χ0n) is 13.1. The summed E-state index contributed by atoms with van der Waals surface area (Å²) in [7, 11) is 1.57. The minimum Gasteiger partial charge on any atom is -0.465 e. The van der Waals surface area contributed by atoms with Gasteiger partial charge < -0.3 is 14.5 Å². The number of fused-ring (bicyclic) bond motifs is 1. The molecule has 3 rings (SSSR count). The topological polar surface area (TPSA) is 84.7 Å². The highest BCUT2D eigenvalue weighted by molar-refractivity contribution is 6.15. The van der Waals surface area contributed by atoms with Crippen molar-refractivity contribution in [2.75, 3.05) is 11.9 Å². The van der Waals surface area contributed by atoms with Gasteiger partial charge in [0.2, 0.25) is 0 Å². The van der Waals surface area contributed by atoms with Crippen molar-refractivity contribution in [1.29, 1.82) is 0 Å². The monoisotopic (exact) mass is 315 g/mol. The van der Waals surface area contributed by atoms with Gasteiger partial charge in [-0.1, -0.05) is 0 Å². The number of likely N-dealkylation sites (N-methyl/N-ethyl adjacent to an activating group) is 1. The SMILES string of the molecule is Cc1ccc(CNC(=O)C2(C)Oc3cccnc3N(C)C2=O)o1. The van der Waals surface area contributed by atoms with E-state index in [9.17, 15) is 9.59 Å². The molecule has 2 aromatic rings. The van der Waals surface area contributed by atoms with Gasteiger partial charge in [0.05, 0.1) is 6.54 Å². The average Bonchev–Trinajstić information content (AvgIpc) is 2.96. The third-order valence-corrected chi connectivity index (χ3v) is 3.75. The van der Waals surface area contributed by atoms with Crippen molar-refractivity contribution < 1.29 is 18.7 Å². The number of rotatable bonds is 3. The maximum absolute atomic E-state index is 12.5. The second-order valence-corrected chi connectivity index (χ2v) is 5.52. The van der Waals surface area contributed by atoms with E-state index in [1.165, 1.54) is 11.8 Å². The Labute approximate surface area is 133 Å². The molecule has 7 heteroatoms. The first-order valence-electron chi connectivity index (χ1n) is 7.17. The lowest BCUT2D eigenvalue weighted by atomic mass is 10.0. The highest BCUT2D eigenvalue weighted by Crippen LogP contribution is 2.35. The third-order valence-electron chi connectivity index (χ3n) is 3.75. The fourth-order valence-electron chi connectivity index (χ4n) is 2.45. The molecule has 0 radical (unpaired) electrons. The number of carbonyl (C=O) groups excluding carboxylic acids is 2. The molecule has 0 aromatic carbocycles. The molecule has 1 aliphatic rings. The number of anilines is 1. The lowest BCUT2D eigenvalue weighted by molar-refractivity contribution is -0.148. The number of carbonyl (C=O) groups is 2. The van der Waals surface area contributed by atoms with Gasteiger partial charge in [-0.15, -0.1) is 0 Å². The van der Waals surface area contributed by atoms with E-state index in [-0.39, 0.29) is 6.54 Å². The fraction of sp³-hybridized carbons (Fsp3) is 0.312. The average molecular weight is 315 g/mol. The summed E-state index contributed by atoms with van der Waals surface area (Å²) >= 11 is 0. The predicted molar refractivity (Wildman–Crippen MR) is 82.0 cm³/mol. The molecule has 0 saturated carbocycles. The molecule has 0 aliphatic carbocycles. The van der Waals surface area contributed by atoms with Crippen molar-refractivity contribution in [3.05, 3.63) is 42.0 Å². The van der Waals surface area contributed by atoms with Crippen LogP contribution in [0.3, 0.4) is 0 Å². The lowest BCUT2D eigenvalue weighted by Crippen LogP contribution is -2.61. The van der Waals surface area contributed by atoms with E-state index >= 15 is 0 Å². The minimum absolute atomic E-state index is 0.183. The van der Waals surface area contributed by atoms with E-state index in [0.717, 1.165) is 5.76 Å². The second-order valence-electron chi connectivity index (χ2n) is 5.52. The van der Waals surface area contributed by atoms with Crippen LogP contribution in [0.2, 0.25) is 0 Å². The lowest BCUT2D eigenvalue weighted by Gasteiger charge is -2.36. The summed E-state index contributed by atoms with van der Waals surface area (Å²) in [6, 6.07) is 6.94. The first kappa shape index (κ1) is 15.1. The molecule has 1 N–H and O–H groups in total. The number of hydrogen-bond acceptors (Lipinski definition) is 5. The van der Waals surface area contributed by atoms with E-state index in [4.69, 9.17) is 9.15 Å². The van der Waals surface area contributed by atoms with Crippen LogP contribution in [0.25, 0.3) is 0 Å². The van der Waals surface area contributed by atoms with Crippen molar-refractivity contribution in [2.45, 2.75) is 26.0 Å². The zero-order valence-corrected chi connectivity index (χ0v) is 13.1. The molecule has 1 aliphatic heterocycles. The van der Waals surface area contributed by atoms with Crippen molar-refractivity contribution in [1.82, 2.24) is 10.3 Å². The van der Waals surface area contributed by atoms with Crippen LogP contribution >= 0.6 is 0 Å². The van der Waals surface area contributed by atoms with Crippen LogP contribution < -0.4 is 15.0 Å². The van der Waals surface area contributed by atoms with Gasteiger partial charge in [0.25, 0.3) is 17.4 Å². The number of furan rings is 1. The van der Waals surface area contributed by atoms with Crippen molar-refractivity contribution in [3.8, 4) is 5.75 Å². The molecule has 0 spiro atoms. The highest BCUT2D eigenvalue weighted by Gasteiger charge is 2.50. The number of amides is 2. The fourth-order valence-corrected chi connectivity index (χ4v) is 2.45. The summed E-state index contributed by atoms with van der Waals surface area (Å²) in [6.45, 7) is 3.45. The Balaban J connectivity index is 1.80. The molecule has 7 nitrogen and oxygen atoms in total. The van der Waals surface area contributed by atoms with Gasteiger partial charge in [-0.05, 0) is 38.1 Å². The van der Waals surface area contributed by atoms with Crippen molar-refractivity contribution >= 4 is 17.6 Å². The molecule has 0 fully saturated rings. The van der Waals surface area contributed by atoms with Gasteiger partial charge in [-0.3, -0.25) is 14.5 Å². The molecule has 0 saturated heterocycles. The van der Waals surface area contributed by atoms with Crippen LogP contribution in [-0.4, -0.2) is 29.4 Å². The van der Waals surface area contributed by atoms with Gasteiger partial charge in [-0.25, -0.2) is 4.98 Å². The van der Waals surface area contributed by atoms with Gasteiger partial charge in [0.15, 0.2) is 11.6 Å². The Morgan fingerprint density at radius 3 is 2.87 bits per heavy atom. The van der Waals surface area contributed by atoms with Gasteiger partial charge in [0.1, 0.15) is 11.5 Å². The van der Waals surface area contributed by atoms with E-state index < -0.39 is 17.4 Å². The van der Waals surface area contributed by atoms with Crippen molar-refractivity contribution in [3.63, 3.8) is 0 Å². The first-order valence-corrected chi connectivity index (χ1v) is 7.17. The zero-order chi connectivity index (χ0) is 16.6. The maximum Gasteiger partial charge on any atom is 0.281 e. The number of ether oxygens (including phenoxy) is 1. The number of aryl methyl sites for hydroxylation is 1. The van der Waals surface area contributed by atoms with E-state index in [1.54, 1.807) is 37.5 Å². The first-order chi connectivity index (χ1) is 10.9. The normalized spacial score (nSPS) is 20.0. The van der Waals surface area contributed by atoms with Crippen LogP contribution in [0.4, 0.5) is 5.82 Å². The Kier molecular flexibility index (Phi) is 3.55. The van der Waals surface area contributed by atoms with Crippen LogP contribution in [0.1, 0.15) is 18.4 Å². The molecule has 1 unspecified atom stereocenters. The Bertz CT molecular complexity index is 770. The maximum atomic E-state index is 12.5. The Morgan fingerprint density at radius 2 is 2.17 bits per heavy atom. The summed E-state index contributed by atoms with van der Waals surface area (Å²) in [5, 5.41) is 2.68. The highest BCUT2D eigenvalue weighted by atomic mass is 16.5. The third kappa shape index (κ3) is 2.54. The van der Waals surface area contributed by atoms with Crippen LogP contribution in [0.15, 0.2) is 34.9 Å². The summed E-state index contributed by atoms with van der Waals surface area (Å²) in [5.41, 5.74) is -1.65. The molecule has 1 atom stereocenters. The second kappa shape index (κ2) is 5.42. The largest absolute Gasteiger partial charge is 0.465 e. The molecule has 120 valence electrons. The minimum atomic E-state index is -1.65. The smallest absolute Gasteiger partial charge is 0.281 e. The van der Waals surface area contributed by atoms with E-state index in [2.05, 4.69) is 10.3 Å². The van der Waals surface area contributed by atoms with Crippen LogP contribution in [0, 0.1) is 6.92 Å². The van der Waals surface area contributed by atoms with Crippen LogP contribution in [0.5, 0.6) is 5.75 Å². The summed E-state index contributed by atoms with van der Waals surface area (Å²) < 4.78 is 11.1. The number of pyridine rings is 1. The van der Waals surface area contributed by atoms with Crippen LogP contribution in [-0.2, 0) is 16.1 Å². The molecule has 2 amide bonds. The molecule has 3 heterocycles. The van der Waals surface area contributed by atoms with Gasteiger partial charge >= 0.3 is 0 Å². The quantitative estimate of drug-likeness (QED) is 0.866. The standard InChI is InChI=1S/C16H17N3O4/c1-10-6-7-11(22-10)9-18-14(20)16(2)15(21)19(3)13-12(23-16)5-4-8-17-13/h4-8H,9H2,1-3H3,(H,18,20). The molecular weight excluding hydrogens is 298 g/mol. The van der Waals surface area contributed by atoms with Gasteiger partial charge in [-0.2, -0.15) is 0 Å². The number of aromatic nitrogens is 1.